The maximum Gasteiger partial charge on any atom is 0.173 e. The summed E-state index contributed by atoms with van der Waals surface area (Å²) in [5, 5.41) is 5.54. The Hall–Kier alpha value is -2.37. The second kappa shape index (κ2) is 10.4. The van der Waals surface area contributed by atoms with Gasteiger partial charge < -0.3 is 20.1 Å². The molecule has 29 heavy (non-hydrogen) atoms. The number of rotatable bonds is 9. The van der Waals surface area contributed by atoms with Crippen LogP contribution in [0.2, 0.25) is 0 Å². The first-order chi connectivity index (χ1) is 14.1. The van der Waals surface area contributed by atoms with Gasteiger partial charge in [-0.05, 0) is 56.2 Å². The number of nitrogens with one attached hydrogen (secondary N) is 3. The van der Waals surface area contributed by atoms with Gasteiger partial charge in [-0.25, -0.2) is 0 Å². The molecule has 1 heterocycles. The van der Waals surface area contributed by atoms with Crippen LogP contribution in [0.3, 0.4) is 0 Å². The Labute approximate surface area is 179 Å². The van der Waals surface area contributed by atoms with Crippen LogP contribution in [0.1, 0.15) is 31.4 Å². The number of benzene rings is 2. The van der Waals surface area contributed by atoms with E-state index in [0.717, 1.165) is 30.3 Å². The van der Waals surface area contributed by atoms with E-state index in [4.69, 9.17) is 12.2 Å². The predicted molar refractivity (Wildman–Crippen MR) is 128 cm³/mol. The van der Waals surface area contributed by atoms with E-state index in [1.807, 2.05) is 6.07 Å². The van der Waals surface area contributed by atoms with Gasteiger partial charge in [-0.3, -0.25) is 0 Å². The minimum absolute atomic E-state index is 0.791. The maximum absolute atomic E-state index is 5.85. The first-order valence-electron chi connectivity index (χ1n) is 10.6. The van der Waals surface area contributed by atoms with Gasteiger partial charge in [0, 0.05) is 42.3 Å². The molecule has 0 aliphatic carbocycles. The van der Waals surface area contributed by atoms with Crippen molar-refractivity contribution < 1.29 is 4.90 Å². The van der Waals surface area contributed by atoms with Crippen LogP contribution in [0.25, 0.3) is 10.9 Å². The van der Waals surface area contributed by atoms with Gasteiger partial charge in [0.25, 0.3) is 0 Å². The van der Waals surface area contributed by atoms with Crippen LogP contribution in [-0.2, 0) is 6.54 Å². The number of aromatic amines is 1. The predicted octanol–water partition coefficient (Wildman–Crippen LogP) is 3.99. The molecule has 0 saturated carbocycles. The third-order valence-corrected chi connectivity index (χ3v) is 6.03. The molecule has 3 rings (SSSR count). The average Bonchev–Trinajstić information content (AvgIpc) is 3.15. The summed E-state index contributed by atoms with van der Waals surface area (Å²) in [7, 11) is 0. The monoisotopic (exact) mass is 409 g/mol. The third-order valence-electron chi connectivity index (χ3n) is 5.67. The first-order valence-corrected chi connectivity index (χ1v) is 11.0. The molecule has 0 amide bonds. The molecule has 0 unspecified atom stereocenters. The number of hydrogen-bond acceptors (Lipinski definition) is 1. The molecular formula is C24H33N4S+. The lowest BCUT2D eigenvalue weighted by atomic mass is 10.1. The highest BCUT2D eigenvalue weighted by Gasteiger charge is 2.15. The topological polar surface area (TPSA) is 35.5 Å². The van der Waals surface area contributed by atoms with Gasteiger partial charge in [0.15, 0.2) is 5.11 Å². The summed E-state index contributed by atoms with van der Waals surface area (Å²) in [5.41, 5.74) is 4.74. The van der Waals surface area contributed by atoms with Crippen molar-refractivity contribution in [2.75, 3.05) is 31.5 Å². The quantitative estimate of drug-likeness (QED) is 0.468. The van der Waals surface area contributed by atoms with E-state index in [-0.39, 0.29) is 0 Å². The number of anilines is 1. The fraction of sp³-hybridized carbons (Fsp3) is 0.375. The molecule has 1 aromatic heterocycles. The molecule has 0 aliphatic heterocycles. The minimum atomic E-state index is 0.791. The number of quaternary nitrogens is 1. The van der Waals surface area contributed by atoms with Crippen LogP contribution < -0.4 is 10.2 Å². The van der Waals surface area contributed by atoms with Crippen LogP contribution in [0, 0.1) is 6.92 Å². The van der Waals surface area contributed by atoms with E-state index in [2.05, 4.69) is 84.6 Å². The van der Waals surface area contributed by atoms with Gasteiger partial charge in [0.05, 0.1) is 19.6 Å². The number of H-pyrrole nitrogens is 1. The molecule has 0 radical (unpaired) electrons. The zero-order valence-corrected chi connectivity index (χ0v) is 18.6. The summed E-state index contributed by atoms with van der Waals surface area (Å²) in [6.45, 7) is 11.9. The molecule has 2 aromatic carbocycles. The van der Waals surface area contributed by atoms with Crippen LogP contribution in [0.15, 0.2) is 54.7 Å². The van der Waals surface area contributed by atoms with E-state index < -0.39 is 0 Å². The summed E-state index contributed by atoms with van der Waals surface area (Å²) in [6, 6.07) is 16.8. The summed E-state index contributed by atoms with van der Waals surface area (Å²) in [5.74, 6) is 0. The van der Waals surface area contributed by atoms with Gasteiger partial charge in [-0.2, -0.15) is 0 Å². The highest BCUT2D eigenvalue weighted by molar-refractivity contribution is 7.80. The second-order valence-electron chi connectivity index (χ2n) is 7.59. The smallest absolute Gasteiger partial charge is 0.173 e. The number of thiocarbonyl (C=S) groups is 1. The largest absolute Gasteiger partial charge is 0.361 e. The number of hydrogen-bond donors (Lipinski definition) is 3. The van der Waals surface area contributed by atoms with E-state index in [1.165, 1.54) is 41.7 Å². The van der Waals surface area contributed by atoms with Crippen LogP contribution in [0.4, 0.5) is 5.69 Å². The lowest BCUT2D eigenvalue weighted by molar-refractivity contribution is -0.896. The summed E-state index contributed by atoms with van der Waals surface area (Å²) in [4.78, 5) is 7.33. The Morgan fingerprint density at radius 1 is 1.07 bits per heavy atom. The van der Waals surface area contributed by atoms with Crippen LogP contribution in [-0.4, -0.2) is 41.2 Å². The van der Waals surface area contributed by atoms with Gasteiger partial charge in [-0.1, -0.05) is 36.4 Å². The summed E-state index contributed by atoms with van der Waals surface area (Å²) >= 11 is 5.85. The SMILES string of the molecule is CC[NH+](CC)CCCN(Cc1c[nH]c2ccccc12)C(=S)Nc1ccccc1C. The molecule has 0 bridgehead atoms. The minimum Gasteiger partial charge on any atom is -0.361 e. The zero-order valence-electron chi connectivity index (χ0n) is 17.8. The Kier molecular flexibility index (Phi) is 7.67. The molecule has 3 N–H and O–H groups in total. The highest BCUT2D eigenvalue weighted by atomic mass is 32.1. The van der Waals surface area contributed by atoms with Crippen molar-refractivity contribution in [3.8, 4) is 0 Å². The Morgan fingerprint density at radius 2 is 1.79 bits per heavy atom. The first kappa shape index (κ1) is 21.3. The van der Waals surface area contributed by atoms with Crippen molar-refractivity contribution >= 4 is 33.9 Å². The molecule has 0 spiro atoms. The van der Waals surface area contributed by atoms with Crippen molar-refractivity contribution in [2.45, 2.75) is 33.7 Å². The fourth-order valence-electron chi connectivity index (χ4n) is 3.75. The number of aryl methyl sites for hydroxylation is 1. The van der Waals surface area contributed by atoms with E-state index in [1.54, 1.807) is 4.90 Å². The normalized spacial score (nSPS) is 11.2. The standard InChI is InChI=1S/C24H32N4S/c1-4-27(5-2)15-10-16-28(24(29)26-22-13-8-6-11-19(22)3)18-20-17-25-23-14-9-7-12-21(20)23/h6-9,11-14,17,25H,4-5,10,15-16,18H2,1-3H3,(H,26,29)/p+1. The molecule has 4 nitrogen and oxygen atoms in total. The van der Waals surface area contributed by atoms with Gasteiger partial charge in [-0.15, -0.1) is 0 Å². The molecule has 0 atom stereocenters. The molecule has 0 fully saturated rings. The Bertz CT molecular complexity index is 929. The Morgan fingerprint density at radius 3 is 2.55 bits per heavy atom. The summed E-state index contributed by atoms with van der Waals surface area (Å²) < 4.78 is 0. The average molecular weight is 410 g/mol. The van der Waals surface area contributed by atoms with Crippen molar-refractivity contribution in [1.29, 1.82) is 0 Å². The molecular weight excluding hydrogens is 376 g/mol. The van der Waals surface area contributed by atoms with Crippen LogP contribution in [0.5, 0.6) is 0 Å². The third kappa shape index (κ3) is 5.58. The van der Waals surface area contributed by atoms with Crippen molar-refractivity contribution in [1.82, 2.24) is 9.88 Å². The van der Waals surface area contributed by atoms with E-state index in [9.17, 15) is 0 Å². The van der Waals surface area contributed by atoms with E-state index >= 15 is 0 Å². The number of aromatic nitrogens is 1. The molecule has 0 aliphatic rings. The maximum atomic E-state index is 5.85. The highest BCUT2D eigenvalue weighted by Crippen LogP contribution is 2.20. The second-order valence-corrected chi connectivity index (χ2v) is 7.97. The van der Waals surface area contributed by atoms with Crippen molar-refractivity contribution in [2.24, 2.45) is 0 Å². The number of para-hydroxylation sites is 2. The molecule has 5 heteroatoms. The van der Waals surface area contributed by atoms with Crippen molar-refractivity contribution in [3.63, 3.8) is 0 Å². The van der Waals surface area contributed by atoms with Gasteiger partial charge in [0.1, 0.15) is 0 Å². The van der Waals surface area contributed by atoms with Crippen molar-refractivity contribution in [3.05, 3.63) is 65.9 Å². The Balaban J connectivity index is 1.75. The van der Waals surface area contributed by atoms with Crippen LogP contribution >= 0.6 is 12.2 Å². The molecule has 154 valence electrons. The molecule has 0 saturated heterocycles. The summed E-state index contributed by atoms with van der Waals surface area (Å²) in [6.07, 6.45) is 3.23. The lowest BCUT2D eigenvalue weighted by Gasteiger charge is -2.27. The van der Waals surface area contributed by atoms with Gasteiger partial charge >= 0.3 is 0 Å². The number of fused-ring (bicyclic) bond motifs is 1. The molecule has 3 aromatic rings. The lowest BCUT2D eigenvalue weighted by Crippen LogP contribution is -3.11. The zero-order chi connectivity index (χ0) is 20.6. The number of nitrogens with zero attached hydrogens (tertiary/aromatic N) is 1. The van der Waals surface area contributed by atoms with Gasteiger partial charge in [0.2, 0.25) is 0 Å². The fourth-order valence-corrected chi connectivity index (χ4v) is 4.02. The van der Waals surface area contributed by atoms with E-state index in [0.29, 0.717) is 0 Å².